The predicted octanol–water partition coefficient (Wildman–Crippen LogP) is 3.06. The molecule has 0 saturated heterocycles. The lowest BCUT2D eigenvalue weighted by molar-refractivity contribution is -0.142. The average molecular weight is 348 g/mol. The summed E-state index contributed by atoms with van der Waals surface area (Å²) in [5, 5.41) is 3.63. The Morgan fingerprint density at radius 2 is 1.92 bits per heavy atom. The lowest BCUT2D eigenvalue weighted by Crippen LogP contribution is -2.43. The van der Waals surface area contributed by atoms with Crippen LogP contribution in [0.5, 0.6) is 0 Å². The van der Waals surface area contributed by atoms with Crippen LogP contribution in [0, 0.1) is 6.92 Å². The van der Waals surface area contributed by atoms with Crippen LogP contribution in [0.15, 0.2) is 60.8 Å². The van der Waals surface area contributed by atoms with Crippen LogP contribution >= 0.6 is 0 Å². The summed E-state index contributed by atoms with van der Waals surface area (Å²) in [5.41, 5.74) is 3.27. The van der Waals surface area contributed by atoms with E-state index in [0.717, 1.165) is 22.0 Å². The number of aryl methyl sites for hydroxylation is 1. The van der Waals surface area contributed by atoms with Crippen LogP contribution in [-0.2, 0) is 16.0 Å². The minimum atomic E-state index is -0.763. The number of hydrogen-bond acceptors (Lipinski definition) is 4. The molecule has 0 fully saturated rings. The number of hydrogen-bond donors (Lipinski definition) is 1. The highest BCUT2D eigenvalue weighted by molar-refractivity contribution is 5.99. The number of esters is 1. The lowest BCUT2D eigenvalue weighted by atomic mass is 10.0. The first-order valence-corrected chi connectivity index (χ1v) is 8.36. The Hall–Kier alpha value is -3.21. The first kappa shape index (κ1) is 17.6. The molecule has 1 atom stereocenters. The monoisotopic (exact) mass is 348 g/mol. The van der Waals surface area contributed by atoms with Gasteiger partial charge < -0.3 is 10.1 Å². The fourth-order valence-corrected chi connectivity index (χ4v) is 2.85. The first-order chi connectivity index (χ1) is 12.6. The number of nitrogens with one attached hydrogen (secondary N) is 1. The van der Waals surface area contributed by atoms with Crippen LogP contribution in [0.4, 0.5) is 0 Å². The van der Waals surface area contributed by atoms with E-state index in [9.17, 15) is 9.59 Å². The van der Waals surface area contributed by atoms with E-state index in [1.54, 1.807) is 6.07 Å². The zero-order valence-electron chi connectivity index (χ0n) is 14.7. The van der Waals surface area contributed by atoms with Gasteiger partial charge in [-0.25, -0.2) is 4.79 Å². The number of methoxy groups -OCH3 is 1. The number of pyridine rings is 1. The zero-order chi connectivity index (χ0) is 18.5. The molecule has 5 heteroatoms. The Bertz CT molecular complexity index is 953. The van der Waals surface area contributed by atoms with Gasteiger partial charge in [-0.3, -0.25) is 9.78 Å². The molecule has 1 heterocycles. The number of ether oxygens (including phenoxy) is 1. The first-order valence-electron chi connectivity index (χ1n) is 8.36. The third-order valence-corrected chi connectivity index (χ3v) is 4.17. The van der Waals surface area contributed by atoms with Gasteiger partial charge in [0.25, 0.3) is 5.91 Å². The van der Waals surface area contributed by atoms with Crippen molar-refractivity contribution in [2.24, 2.45) is 0 Å². The van der Waals surface area contributed by atoms with E-state index in [4.69, 9.17) is 4.74 Å². The molecule has 0 aliphatic heterocycles. The number of nitrogens with zero attached hydrogens (tertiary/aromatic N) is 1. The minimum Gasteiger partial charge on any atom is -0.467 e. The lowest BCUT2D eigenvalue weighted by Gasteiger charge is -2.17. The van der Waals surface area contributed by atoms with Crippen LogP contribution in [0.3, 0.4) is 0 Å². The van der Waals surface area contributed by atoms with Crippen molar-refractivity contribution >= 4 is 22.8 Å². The number of rotatable bonds is 5. The van der Waals surface area contributed by atoms with Crippen molar-refractivity contribution in [3.05, 3.63) is 77.5 Å². The highest BCUT2D eigenvalue weighted by atomic mass is 16.5. The fourth-order valence-electron chi connectivity index (χ4n) is 2.85. The van der Waals surface area contributed by atoms with Gasteiger partial charge in [-0.05, 0) is 24.6 Å². The average Bonchev–Trinajstić information content (AvgIpc) is 2.66. The molecule has 5 nitrogen and oxygen atoms in total. The summed E-state index contributed by atoms with van der Waals surface area (Å²) in [5.74, 6) is -0.833. The second-order valence-corrected chi connectivity index (χ2v) is 6.16. The second-order valence-electron chi connectivity index (χ2n) is 6.16. The SMILES string of the molecule is COC(=O)[C@@H](Cc1cccc(C)c1)NC(=O)c1cnc2ccccc2c1. The number of fused-ring (bicyclic) bond motifs is 1. The van der Waals surface area contributed by atoms with E-state index in [0.29, 0.717) is 12.0 Å². The molecular weight excluding hydrogens is 328 g/mol. The number of carbonyl (C=O) groups is 2. The molecule has 1 N–H and O–H groups in total. The van der Waals surface area contributed by atoms with Gasteiger partial charge in [0.15, 0.2) is 0 Å². The summed E-state index contributed by atoms with van der Waals surface area (Å²) < 4.78 is 4.85. The van der Waals surface area contributed by atoms with E-state index in [2.05, 4.69) is 10.3 Å². The van der Waals surface area contributed by atoms with Gasteiger partial charge in [0.05, 0.1) is 18.2 Å². The summed E-state index contributed by atoms with van der Waals surface area (Å²) in [6.07, 6.45) is 1.87. The van der Waals surface area contributed by atoms with Crippen molar-refractivity contribution in [3.63, 3.8) is 0 Å². The zero-order valence-corrected chi connectivity index (χ0v) is 14.7. The summed E-state index contributed by atoms with van der Waals surface area (Å²) >= 11 is 0. The molecule has 0 saturated carbocycles. The molecule has 0 unspecified atom stereocenters. The van der Waals surface area contributed by atoms with Crippen molar-refractivity contribution in [3.8, 4) is 0 Å². The number of amides is 1. The maximum Gasteiger partial charge on any atom is 0.328 e. The minimum absolute atomic E-state index is 0.355. The molecule has 2 aromatic carbocycles. The van der Waals surface area contributed by atoms with Gasteiger partial charge in [0, 0.05) is 18.0 Å². The molecule has 0 bridgehead atoms. The maximum atomic E-state index is 12.6. The van der Waals surface area contributed by atoms with Gasteiger partial charge in [0.2, 0.25) is 0 Å². The Balaban J connectivity index is 1.80. The van der Waals surface area contributed by atoms with Crippen molar-refractivity contribution in [1.82, 2.24) is 10.3 Å². The smallest absolute Gasteiger partial charge is 0.328 e. The van der Waals surface area contributed by atoms with E-state index >= 15 is 0 Å². The maximum absolute atomic E-state index is 12.6. The predicted molar refractivity (Wildman–Crippen MR) is 99.9 cm³/mol. The van der Waals surface area contributed by atoms with Gasteiger partial charge in [0.1, 0.15) is 6.04 Å². The van der Waals surface area contributed by atoms with Crippen LogP contribution in [0.2, 0.25) is 0 Å². The summed E-state index contributed by atoms with van der Waals surface area (Å²) in [7, 11) is 1.31. The fraction of sp³-hybridized carbons (Fsp3) is 0.190. The van der Waals surface area contributed by atoms with E-state index in [1.807, 2.05) is 55.5 Å². The Morgan fingerprint density at radius 3 is 2.69 bits per heavy atom. The topological polar surface area (TPSA) is 68.3 Å². The van der Waals surface area contributed by atoms with Gasteiger partial charge in [-0.2, -0.15) is 0 Å². The van der Waals surface area contributed by atoms with Crippen LogP contribution < -0.4 is 5.32 Å². The van der Waals surface area contributed by atoms with Crippen LogP contribution in [-0.4, -0.2) is 30.0 Å². The van der Waals surface area contributed by atoms with E-state index < -0.39 is 12.0 Å². The van der Waals surface area contributed by atoms with E-state index in [-0.39, 0.29) is 5.91 Å². The normalized spacial score (nSPS) is 11.8. The third kappa shape index (κ3) is 4.06. The Labute approximate surface area is 152 Å². The highest BCUT2D eigenvalue weighted by Crippen LogP contribution is 2.13. The molecule has 3 aromatic rings. The van der Waals surface area contributed by atoms with Crippen LogP contribution in [0.25, 0.3) is 10.9 Å². The molecular formula is C21H20N2O3. The number of aromatic nitrogens is 1. The number of carbonyl (C=O) groups excluding carboxylic acids is 2. The number of benzene rings is 2. The molecule has 1 aromatic heterocycles. The molecule has 0 radical (unpaired) electrons. The van der Waals surface area contributed by atoms with Crippen molar-refractivity contribution in [2.75, 3.05) is 7.11 Å². The quantitative estimate of drug-likeness (QED) is 0.720. The summed E-state index contributed by atoms with van der Waals surface area (Å²) in [6.45, 7) is 1.98. The largest absolute Gasteiger partial charge is 0.467 e. The Morgan fingerprint density at radius 1 is 1.12 bits per heavy atom. The summed E-state index contributed by atoms with van der Waals surface area (Å²) in [6, 6.07) is 16.4. The van der Waals surface area contributed by atoms with Gasteiger partial charge >= 0.3 is 5.97 Å². The Kier molecular flexibility index (Phi) is 5.27. The van der Waals surface area contributed by atoms with Gasteiger partial charge in [-0.1, -0.05) is 48.0 Å². The molecule has 0 aliphatic rings. The van der Waals surface area contributed by atoms with Crippen molar-refractivity contribution < 1.29 is 14.3 Å². The van der Waals surface area contributed by atoms with E-state index in [1.165, 1.54) is 13.3 Å². The molecule has 3 rings (SSSR count). The van der Waals surface area contributed by atoms with Crippen LogP contribution in [0.1, 0.15) is 21.5 Å². The number of para-hydroxylation sites is 1. The molecule has 132 valence electrons. The second kappa shape index (κ2) is 7.78. The van der Waals surface area contributed by atoms with Crippen molar-refractivity contribution in [2.45, 2.75) is 19.4 Å². The molecule has 26 heavy (non-hydrogen) atoms. The summed E-state index contributed by atoms with van der Waals surface area (Å²) in [4.78, 5) is 29.0. The molecule has 0 aliphatic carbocycles. The van der Waals surface area contributed by atoms with Crippen molar-refractivity contribution in [1.29, 1.82) is 0 Å². The standard InChI is InChI=1S/C21H20N2O3/c1-14-6-5-7-15(10-14)11-19(21(25)26-2)23-20(24)17-12-16-8-3-4-9-18(16)22-13-17/h3-10,12-13,19H,11H2,1-2H3,(H,23,24)/t19-/m1/s1. The third-order valence-electron chi connectivity index (χ3n) is 4.17. The highest BCUT2D eigenvalue weighted by Gasteiger charge is 2.23. The van der Waals surface area contributed by atoms with Gasteiger partial charge in [-0.15, -0.1) is 0 Å². The molecule has 1 amide bonds. The molecule has 0 spiro atoms.